The number of primary amides is 1. The molecule has 1 aromatic rings. The highest BCUT2D eigenvalue weighted by Gasteiger charge is 2.54. The first-order valence-corrected chi connectivity index (χ1v) is 9.06. The molecular formula is C18H19ClN6O3. The smallest absolute Gasteiger partial charge is 0.328 e. The van der Waals surface area contributed by atoms with Gasteiger partial charge in [-0.1, -0.05) is 17.7 Å². The lowest BCUT2D eigenvalue weighted by atomic mass is 10.1. The molecule has 0 radical (unpaired) electrons. The van der Waals surface area contributed by atoms with Gasteiger partial charge < -0.3 is 15.5 Å². The normalized spacial score (nSPS) is 23.7. The quantitative estimate of drug-likeness (QED) is 0.814. The number of benzene rings is 1. The van der Waals surface area contributed by atoms with E-state index >= 15 is 0 Å². The number of guanidine groups is 1. The Bertz CT molecular complexity index is 974. The van der Waals surface area contributed by atoms with Gasteiger partial charge >= 0.3 is 6.03 Å². The van der Waals surface area contributed by atoms with Crippen molar-refractivity contribution >= 4 is 41.1 Å². The van der Waals surface area contributed by atoms with E-state index in [0.717, 1.165) is 21.8 Å². The van der Waals surface area contributed by atoms with Crippen molar-refractivity contribution < 1.29 is 14.4 Å². The first-order chi connectivity index (χ1) is 13.2. The third kappa shape index (κ3) is 2.54. The number of hydrogen-bond donors (Lipinski definition) is 1. The van der Waals surface area contributed by atoms with Crippen LogP contribution < -0.4 is 10.6 Å². The predicted octanol–water partition coefficient (Wildman–Crippen LogP) is 1.08. The van der Waals surface area contributed by atoms with Gasteiger partial charge in [-0.15, -0.1) is 0 Å². The number of amides is 4. The number of carbonyl (C=O) groups excluding carboxylic acids is 3. The lowest BCUT2D eigenvalue weighted by Crippen LogP contribution is -2.65. The maximum absolute atomic E-state index is 13.0. The number of imide groups is 1. The van der Waals surface area contributed by atoms with Crippen LogP contribution in [-0.2, 0) is 9.59 Å². The number of likely N-dealkylation sites (N-methyl/N-ethyl adjacent to an activating group) is 1. The lowest BCUT2D eigenvalue weighted by Gasteiger charge is -2.39. The Labute approximate surface area is 166 Å². The molecule has 0 spiro atoms. The third-order valence-electron chi connectivity index (χ3n) is 5.11. The number of nitrogens with zero attached hydrogens (tertiary/aromatic N) is 5. The Balaban J connectivity index is 1.75. The first-order valence-electron chi connectivity index (χ1n) is 8.68. The number of hydrogen-bond acceptors (Lipinski definition) is 6. The summed E-state index contributed by atoms with van der Waals surface area (Å²) >= 11 is 6.18. The summed E-state index contributed by atoms with van der Waals surface area (Å²) in [6.07, 6.45) is 1.12. The summed E-state index contributed by atoms with van der Waals surface area (Å²) in [5.74, 6) is -0.719. The summed E-state index contributed by atoms with van der Waals surface area (Å²) in [4.78, 5) is 47.4. The fourth-order valence-corrected chi connectivity index (χ4v) is 3.94. The monoisotopic (exact) mass is 402 g/mol. The van der Waals surface area contributed by atoms with Crippen molar-refractivity contribution in [1.82, 2.24) is 14.7 Å². The molecule has 0 aromatic heterocycles. The molecule has 28 heavy (non-hydrogen) atoms. The summed E-state index contributed by atoms with van der Waals surface area (Å²) in [6, 6.07) is 4.20. The van der Waals surface area contributed by atoms with E-state index < -0.39 is 36.6 Å². The largest absolute Gasteiger partial charge is 0.368 e. The van der Waals surface area contributed by atoms with E-state index in [-0.39, 0.29) is 0 Å². The molecule has 4 rings (SSSR count). The summed E-state index contributed by atoms with van der Waals surface area (Å²) in [5.41, 5.74) is 7.90. The molecule has 9 nitrogen and oxygen atoms in total. The molecule has 1 saturated heterocycles. The molecule has 1 aromatic carbocycles. The molecule has 3 aliphatic heterocycles. The highest BCUT2D eigenvalue weighted by atomic mass is 35.5. The van der Waals surface area contributed by atoms with Gasteiger partial charge in [0.1, 0.15) is 6.54 Å². The van der Waals surface area contributed by atoms with E-state index in [9.17, 15) is 14.4 Å². The van der Waals surface area contributed by atoms with Gasteiger partial charge in [0.2, 0.25) is 11.9 Å². The minimum absolute atomic E-state index is 0.464. The molecule has 2 unspecified atom stereocenters. The molecule has 0 saturated carbocycles. The topological polar surface area (TPSA) is 103 Å². The number of anilines is 1. The van der Waals surface area contributed by atoms with Crippen molar-refractivity contribution in [2.24, 2.45) is 10.7 Å². The van der Waals surface area contributed by atoms with E-state index in [0.29, 0.717) is 11.0 Å². The van der Waals surface area contributed by atoms with Gasteiger partial charge in [0, 0.05) is 24.0 Å². The SMILES string of the molecule is CC1=CN2C(=NC3C2C(=O)N(CC(N)=O)C(=O)N3C)N1c1cc(Cl)ccc1C. The molecule has 2 atom stereocenters. The van der Waals surface area contributed by atoms with Gasteiger partial charge in [0.05, 0.1) is 5.69 Å². The number of nitrogens with two attached hydrogens (primary N) is 1. The van der Waals surface area contributed by atoms with Crippen LogP contribution in [0.4, 0.5) is 10.5 Å². The zero-order valence-corrected chi connectivity index (χ0v) is 16.3. The van der Waals surface area contributed by atoms with Gasteiger partial charge in [0.15, 0.2) is 12.2 Å². The van der Waals surface area contributed by atoms with Crippen molar-refractivity contribution in [3.05, 3.63) is 40.7 Å². The summed E-state index contributed by atoms with van der Waals surface area (Å²) < 4.78 is 0. The molecule has 0 bridgehead atoms. The van der Waals surface area contributed by atoms with Crippen LogP contribution in [0.1, 0.15) is 12.5 Å². The summed E-state index contributed by atoms with van der Waals surface area (Å²) in [6.45, 7) is 3.40. The Kier molecular flexibility index (Phi) is 4.07. The minimum atomic E-state index is -0.753. The first kappa shape index (κ1) is 18.3. The number of urea groups is 1. The molecule has 3 aliphatic rings. The number of aliphatic imine (C=N–C) groups is 1. The maximum atomic E-state index is 13.0. The molecular weight excluding hydrogens is 384 g/mol. The molecule has 3 heterocycles. The average molecular weight is 403 g/mol. The van der Waals surface area contributed by atoms with E-state index in [1.807, 2.05) is 37.1 Å². The Hall–Kier alpha value is -3.07. The molecule has 10 heteroatoms. The van der Waals surface area contributed by atoms with Crippen LogP contribution in [-0.4, -0.2) is 64.3 Å². The summed E-state index contributed by atoms with van der Waals surface area (Å²) in [5, 5.41) is 0.582. The van der Waals surface area contributed by atoms with Crippen LogP contribution in [0.25, 0.3) is 0 Å². The van der Waals surface area contributed by atoms with Crippen molar-refractivity contribution in [2.75, 3.05) is 18.5 Å². The van der Waals surface area contributed by atoms with Crippen LogP contribution in [0, 0.1) is 6.92 Å². The van der Waals surface area contributed by atoms with Gasteiger partial charge in [-0.2, -0.15) is 0 Å². The maximum Gasteiger partial charge on any atom is 0.328 e. The minimum Gasteiger partial charge on any atom is -0.368 e. The van der Waals surface area contributed by atoms with Crippen molar-refractivity contribution in [2.45, 2.75) is 26.1 Å². The number of allylic oxidation sites excluding steroid dienone is 1. The zero-order chi connectivity index (χ0) is 20.3. The van der Waals surface area contributed by atoms with Crippen molar-refractivity contribution in [3.63, 3.8) is 0 Å². The Morgan fingerprint density at radius 1 is 1.29 bits per heavy atom. The van der Waals surface area contributed by atoms with Gasteiger partial charge in [-0.05, 0) is 31.5 Å². The van der Waals surface area contributed by atoms with E-state index in [1.54, 1.807) is 18.0 Å². The zero-order valence-electron chi connectivity index (χ0n) is 15.6. The fourth-order valence-electron chi connectivity index (χ4n) is 3.78. The highest BCUT2D eigenvalue weighted by molar-refractivity contribution is 6.31. The molecule has 1 fully saturated rings. The number of carbonyl (C=O) groups is 3. The Morgan fingerprint density at radius 3 is 2.68 bits per heavy atom. The Morgan fingerprint density at radius 2 is 2.00 bits per heavy atom. The van der Waals surface area contributed by atoms with Gasteiger partial charge in [-0.25, -0.2) is 9.79 Å². The summed E-state index contributed by atoms with van der Waals surface area (Å²) in [7, 11) is 1.55. The lowest BCUT2D eigenvalue weighted by molar-refractivity contribution is -0.139. The third-order valence-corrected chi connectivity index (χ3v) is 5.35. The molecule has 0 aliphatic carbocycles. The van der Waals surface area contributed by atoms with Crippen LogP contribution in [0.5, 0.6) is 0 Å². The van der Waals surface area contributed by atoms with Crippen LogP contribution in [0.15, 0.2) is 35.1 Å². The van der Waals surface area contributed by atoms with Crippen molar-refractivity contribution in [3.8, 4) is 0 Å². The van der Waals surface area contributed by atoms with E-state index in [1.165, 1.54) is 4.90 Å². The molecule has 4 amide bonds. The average Bonchev–Trinajstić information content (AvgIpc) is 3.13. The van der Waals surface area contributed by atoms with E-state index in [2.05, 4.69) is 4.99 Å². The van der Waals surface area contributed by atoms with Crippen LogP contribution in [0.3, 0.4) is 0 Å². The predicted molar refractivity (Wildman–Crippen MR) is 103 cm³/mol. The number of halogens is 1. The van der Waals surface area contributed by atoms with Gasteiger partial charge in [0.25, 0.3) is 5.91 Å². The standard InChI is InChI=1S/C18H19ClN6O3/c1-9-4-5-11(19)6-12(9)25-10(2)7-23-14-15(21-17(23)25)22(3)18(28)24(16(14)27)8-13(20)26/h4-7,14-15H,8H2,1-3H3,(H2,20,26). The van der Waals surface area contributed by atoms with E-state index in [4.69, 9.17) is 17.3 Å². The van der Waals surface area contributed by atoms with Gasteiger partial charge in [-0.3, -0.25) is 19.4 Å². The fraction of sp³-hybridized carbons (Fsp3) is 0.333. The number of fused-ring (bicyclic) bond motifs is 3. The second-order valence-electron chi connectivity index (χ2n) is 7.02. The van der Waals surface area contributed by atoms with Crippen LogP contribution >= 0.6 is 11.6 Å². The number of aryl methyl sites for hydroxylation is 1. The van der Waals surface area contributed by atoms with Crippen molar-refractivity contribution in [1.29, 1.82) is 0 Å². The molecule has 146 valence electrons. The second kappa shape index (κ2) is 6.23. The highest BCUT2D eigenvalue weighted by Crippen LogP contribution is 2.38. The number of rotatable bonds is 3. The molecule has 2 N–H and O–H groups in total. The van der Waals surface area contributed by atoms with Crippen LogP contribution in [0.2, 0.25) is 5.02 Å². The second-order valence-corrected chi connectivity index (χ2v) is 7.45.